The molecule has 1 aromatic heterocycles. The van der Waals surface area contributed by atoms with E-state index in [0.29, 0.717) is 38.5 Å². The predicted molar refractivity (Wildman–Crippen MR) is 152 cm³/mol. The summed E-state index contributed by atoms with van der Waals surface area (Å²) >= 11 is 0. The fourth-order valence-electron chi connectivity index (χ4n) is 9.64. The molecule has 4 fully saturated rings. The molecule has 6 N–H and O–H groups in total. The largest absolute Gasteiger partial charge is 0.458 e. The zero-order valence-corrected chi connectivity index (χ0v) is 25.3. The molecule has 44 heavy (non-hydrogen) atoms. The monoisotopic (exact) mass is 620 g/mol. The summed E-state index contributed by atoms with van der Waals surface area (Å²) in [7, 11) is 0. The van der Waals surface area contributed by atoms with Gasteiger partial charge in [-0.15, -0.1) is 0 Å². The van der Waals surface area contributed by atoms with Crippen LogP contribution in [0.15, 0.2) is 39.3 Å². The average Bonchev–Trinajstić information content (AvgIpc) is 3.26. The Morgan fingerprint density at radius 1 is 1.02 bits per heavy atom. The van der Waals surface area contributed by atoms with E-state index in [1.54, 1.807) is 6.07 Å². The molecule has 13 atom stereocenters. The Labute approximate surface area is 255 Å². The summed E-state index contributed by atoms with van der Waals surface area (Å²) in [5, 5.41) is 65.9. The van der Waals surface area contributed by atoms with Gasteiger partial charge in [0.15, 0.2) is 6.29 Å². The Morgan fingerprint density at radius 2 is 1.77 bits per heavy atom. The van der Waals surface area contributed by atoms with E-state index in [4.69, 9.17) is 18.6 Å². The van der Waals surface area contributed by atoms with E-state index in [1.807, 2.05) is 19.9 Å². The van der Waals surface area contributed by atoms with Crippen LogP contribution in [0.2, 0.25) is 0 Å². The van der Waals surface area contributed by atoms with Crippen LogP contribution in [0.25, 0.3) is 0 Å². The molecule has 0 amide bonds. The third-order valence-electron chi connectivity index (χ3n) is 11.9. The average molecular weight is 621 g/mol. The van der Waals surface area contributed by atoms with Crippen LogP contribution < -0.4 is 5.63 Å². The van der Waals surface area contributed by atoms with E-state index >= 15 is 0 Å². The van der Waals surface area contributed by atoms with Crippen molar-refractivity contribution in [1.29, 1.82) is 0 Å². The molecule has 0 aromatic carbocycles. The van der Waals surface area contributed by atoms with Crippen LogP contribution >= 0.6 is 0 Å². The highest BCUT2D eigenvalue weighted by atomic mass is 16.7. The maximum atomic E-state index is 12.8. The van der Waals surface area contributed by atoms with E-state index in [1.165, 1.54) is 19.3 Å². The molecule has 5 aliphatic rings. The highest BCUT2D eigenvalue weighted by Gasteiger charge is 2.75. The molecule has 6 rings (SSSR count). The summed E-state index contributed by atoms with van der Waals surface area (Å²) in [6, 6.07) is 3.10. The van der Waals surface area contributed by atoms with Crippen molar-refractivity contribution in [3.63, 3.8) is 0 Å². The molecule has 12 heteroatoms. The fraction of sp³-hybridized carbons (Fsp3) is 0.750. The Bertz CT molecular complexity index is 1340. The van der Waals surface area contributed by atoms with Crippen molar-refractivity contribution in [3.05, 3.63) is 46.0 Å². The summed E-state index contributed by atoms with van der Waals surface area (Å²) in [4.78, 5) is 24.0. The minimum absolute atomic E-state index is 0.0197. The topological polar surface area (TPSA) is 196 Å². The standard InChI is InChI=1S/C32H44O12/c1-16(34)42-21-13-31(39)23(8-10-30(3)19(7-11-32(30,31)40)17-4-5-24(35)41-15-17)29(2)9-6-18(12-20(21)29)43-28-27(38)26(37)25(36)22(14-33)44-28/h4-5,12,15,18-19,21-23,25-28,33,36-40H,6-11,13-14H2,1-3H3/t18-,19+,21+,22+,23+,25+,26-,27+,28+,29-,30+,31-,32+/m0/s1. The van der Waals surface area contributed by atoms with Crippen LogP contribution in [-0.4, -0.2) is 97.3 Å². The number of carbonyl (C=O) groups excluding carboxylic acids is 1. The van der Waals surface area contributed by atoms with Crippen LogP contribution in [0.3, 0.4) is 0 Å². The van der Waals surface area contributed by atoms with Gasteiger partial charge in [-0.1, -0.05) is 19.9 Å². The van der Waals surface area contributed by atoms with Crippen LogP contribution in [0.1, 0.15) is 77.2 Å². The number of rotatable bonds is 5. The molecule has 4 aliphatic carbocycles. The van der Waals surface area contributed by atoms with Crippen LogP contribution in [0.4, 0.5) is 0 Å². The number of aliphatic hydroxyl groups excluding tert-OH is 4. The van der Waals surface area contributed by atoms with Crippen LogP contribution in [0.5, 0.6) is 0 Å². The molecule has 2 heterocycles. The molecule has 1 aliphatic heterocycles. The second-order valence-electron chi connectivity index (χ2n) is 14.0. The number of hydrogen-bond acceptors (Lipinski definition) is 12. The zero-order chi connectivity index (χ0) is 31.8. The Morgan fingerprint density at radius 3 is 2.43 bits per heavy atom. The molecule has 1 aromatic rings. The molecule has 3 saturated carbocycles. The summed E-state index contributed by atoms with van der Waals surface area (Å²) in [5.74, 6) is -1.06. The van der Waals surface area contributed by atoms with Gasteiger partial charge in [0.05, 0.1) is 24.6 Å². The summed E-state index contributed by atoms with van der Waals surface area (Å²) in [6.07, 6.45) is -2.23. The number of carbonyl (C=O) groups is 1. The van der Waals surface area contributed by atoms with E-state index < -0.39 is 83.1 Å². The lowest BCUT2D eigenvalue weighted by atomic mass is 9.42. The van der Waals surface area contributed by atoms with E-state index in [0.717, 1.165) is 11.1 Å². The van der Waals surface area contributed by atoms with Gasteiger partial charge in [0, 0.05) is 24.8 Å². The first-order chi connectivity index (χ1) is 20.7. The van der Waals surface area contributed by atoms with Gasteiger partial charge < -0.3 is 49.3 Å². The van der Waals surface area contributed by atoms with Crippen LogP contribution in [0, 0.1) is 16.7 Å². The van der Waals surface area contributed by atoms with Gasteiger partial charge in [-0.25, -0.2) is 4.79 Å². The zero-order valence-electron chi connectivity index (χ0n) is 25.3. The minimum Gasteiger partial charge on any atom is -0.458 e. The fourth-order valence-corrected chi connectivity index (χ4v) is 9.64. The second kappa shape index (κ2) is 11.0. The molecule has 12 nitrogen and oxygen atoms in total. The van der Waals surface area contributed by atoms with Crippen molar-refractivity contribution in [2.75, 3.05) is 6.61 Å². The lowest BCUT2D eigenvalue weighted by Crippen LogP contribution is -2.73. The summed E-state index contributed by atoms with van der Waals surface area (Å²) in [5.41, 5.74) is -3.41. The van der Waals surface area contributed by atoms with Gasteiger partial charge in [0.25, 0.3) is 0 Å². The van der Waals surface area contributed by atoms with Gasteiger partial charge in [-0.05, 0) is 73.0 Å². The maximum absolute atomic E-state index is 12.8. The lowest BCUT2D eigenvalue weighted by molar-refractivity contribution is -0.310. The molecule has 1 saturated heterocycles. The number of hydrogen-bond donors (Lipinski definition) is 6. The number of fused-ring (bicyclic) bond motifs is 5. The smallest absolute Gasteiger partial charge is 0.335 e. The highest BCUT2D eigenvalue weighted by molar-refractivity contribution is 5.66. The highest BCUT2D eigenvalue weighted by Crippen LogP contribution is 2.71. The number of aliphatic hydroxyl groups is 6. The van der Waals surface area contributed by atoms with E-state index in [9.17, 15) is 40.2 Å². The van der Waals surface area contributed by atoms with E-state index in [2.05, 4.69) is 0 Å². The maximum Gasteiger partial charge on any atom is 0.335 e. The van der Waals surface area contributed by atoms with Gasteiger partial charge in [0.1, 0.15) is 36.1 Å². The van der Waals surface area contributed by atoms with Gasteiger partial charge >= 0.3 is 11.6 Å². The third kappa shape index (κ3) is 4.56. The van der Waals surface area contributed by atoms with Gasteiger partial charge in [0.2, 0.25) is 0 Å². The first-order valence-corrected chi connectivity index (χ1v) is 15.6. The van der Waals surface area contributed by atoms with Gasteiger partial charge in [-0.2, -0.15) is 0 Å². The molecule has 244 valence electrons. The predicted octanol–water partition coefficient (Wildman–Crippen LogP) is 0.643. The normalized spacial score (nSPS) is 48.5. The Balaban J connectivity index is 1.33. The van der Waals surface area contributed by atoms with Crippen molar-refractivity contribution in [2.24, 2.45) is 16.7 Å². The first kappa shape index (κ1) is 31.8. The van der Waals surface area contributed by atoms with Crippen molar-refractivity contribution in [3.8, 4) is 0 Å². The Hall–Kier alpha value is -2.16. The minimum atomic E-state index is -1.60. The third-order valence-corrected chi connectivity index (χ3v) is 11.9. The summed E-state index contributed by atoms with van der Waals surface area (Å²) in [6.45, 7) is 4.74. The molecular formula is C32H44O12. The van der Waals surface area contributed by atoms with Crippen molar-refractivity contribution in [2.45, 2.75) is 126 Å². The van der Waals surface area contributed by atoms with E-state index in [-0.39, 0.29) is 18.3 Å². The van der Waals surface area contributed by atoms with Gasteiger partial charge in [-0.3, -0.25) is 4.79 Å². The van der Waals surface area contributed by atoms with Crippen molar-refractivity contribution < 1.29 is 54.1 Å². The molecular weight excluding hydrogens is 576 g/mol. The lowest BCUT2D eigenvalue weighted by Gasteiger charge is -2.66. The van der Waals surface area contributed by atoms with Crippen molar-refractivity contribution in [1.82, 2.24) is 0 Å². The quantitative estimate of drug-likeness (QED) is 0.199. The first-order valence-electron chi connectivity index (χ1n) is 15.6. The molecule has 0 radical (unpaired) electrons. The SMILES string of the molecule is CC(=O)O[C@@H]1C[C@]2(O)[C@H](CC[C@]3(C)[C@@H](c4ccc(=O)oc4)CC[C@@]32O)[C@@]2(C)CC[C@H](O[C@@H]3O[C@H](CO)[C@@H](O)[C@H](O)[C@H]3O)C=C12. The molecule has 0 unspecified atom stereocenters. The summed E-state index contributed by atoms with van der Waals surface area (Å²) < 4.78 is 22.6. The van der Waals surface area contributed by atoms with Crippen LogP contribution in [-0.2, 0) is 19.0 Å². The Kier molecular flexibility index (Phi) is 7.94. The molecule has 0 spiro atoms. The second-order valence-corrected chi connectivity index (χ2v) is 14.0. The molecule has 0 bridgehead atoms. The van der Waals surface area contributed by atoms with Crippen molar-refractivity contribution >= 4 is 5.97 Å². The number of esters is 1. The number of ether oxygens (including phenoxy) is 3.